The van der Waals surface area contributed by atoms with Crippen LogP contribution >= 0.6 is 35.0 Å². The first-order chi connectivity index (χ1) is 16.2. The minimum Gasteiger partial charge on any atom is -0.322 e. The van der Waals surface area contributed by atoms with Gasteiger partial charge < -0.3 is 5.32 Å². The van der Waals surface area contributed by atoms with E-state index in [9.17, 15) is 14.4 Å². The Morgan fingerprint density at radius 2 is 1.68 bits per heavy atom. The zero-order valence-electron chi connectivity index (χ0n) is 18.5. The second kappa shape index (κ2) is 10.2. The Morgan fingerprint density at radius 1 is 1.00 bits per heavy atom. The van der Waals surface area contributed by atoms with Crippen LogP contribution in [0.25, 0.3) is 0 Å². The molecule has 5 nitrogen and oxygen atoms in total. The first-order valence-corrected chi connectivity index (χ1v) is 12.4. The fraction of sp³-hybridized carbons (Fsp3) is 0.192. The number of benzene rings is 3. The monoisotopic (exact) mass is 512 g/mol. The molecule has 0 aromatic heterocycles. The average molecular weight is 513 g/mol. The van der Waals surface area contributed by atoms with Gasteiger partial charge in [-0.05, 0) is 66.1 Å². The number of amides is 3. The zero-order chi connectivity index (χ0) is 24.4. The molecule has 1 saturated heterocycles. The smallest absolute Gasteiger partial charge is 0.257 e. The molecule has 3 amide bonds. The lowest BCUT2D eigenvalue weighted by molar-refractivity contribution is -0.121. The highest BCUT2D eigenvalue weighted by Crippen LogP contribution is 2.35. The second-order valence-corrected chi connectivity index (χ2v) is 10.3. The van der Waals surface area contributed by atoms with Gasteiger partial charge in [0.15, 0.2) is 0 Å². The van der Waals surface area contributed by atoms with Gasteiger partial charge in [0.1, 0.15) is 0 Å². The lowest BCUT2D eigenvalue weighted by atomic mass is 10.0. The maximum Gasteiger partial charge on any atom is 0.257 e. The number of anilines is 2. The molecule has 1 N–H and O–H groups in total. The third-order valence-corrected chi connectivity index (χ3v) is 7.23. The maximum absolute atomic E-state index is 13.0. The number of hydrogen-bond acceptors (Lipinski definition) is 4. The van der Waals surface area contributed by atoms with E-state index in [-0.39, 0.29) is 29.2 Å². The highest BCUT2D eigenvalue weighted by atomic mass is 35.5. The molecule has 34 heavy (non-hydrogen) atoms. The molecule has 3 aromatic carbocycles. The lowest BCUT2D eigenvalue weighted by Gasteiger charge is -2.16. The number of thioether (sulfide) groups is 1. The maximum atomic E-state index is 13.0. The second-order valence-electron chi connectivity index (χ2n) is 8.23. The number of imide groups is 1. The largest absolute Gasteiger partial charge is 0.322 e. The van der Waals surface area contributed by atoms with E-state index in [2.05, 4.69) is 19.2 Å². The lowest BCUT2D eigenvalue weighted by Crippen LogP contribution is -2.31. The topological polar surface area (TPSA) is 66.5 Å². The van der Waals surface area contributed by atoms with Crippen LogP contribution in [0, 0.1) is 0 Å². The van der Waals surface area contributed by atoms with E-state index >= 15 is 0 Å². The number of nitrogens with zero attached hydrogens (tertiary/aromatic N) is 1. The molecule has 0 bridgehead atoms. The van der Waals surface area contributed by atoms with Crippen molar-refractivity contribution in [3.63, 3.8) is 0 Å². The predicted molar refractivity (Wildman–Crippen MR) is 138 cm³/mol. The summed E-state index contributed by atoms with van der Waals surface area (Å²) in [6.07, 6.45) is 0.142. The number of rotatable bonds is 6. The highest BCUT2D eigenvalue weighted by Gasteiger charge is 2.40. The molecule has 0 saturated carbocycles. The van der Waals surface area contributed by atoms with Gasteiger partial charge in [-0.1, -0.05) is 49.2 Å². The van der Waals surface area contributed by atoms with Crippen LogP contribution in [0.2, 0.25) is 10.0 Å². The number of hydrogen-bond donors (Lipinski definition) is 1. The summed E-state index contributed by atoms with van der Waals surface area (Å²) < 4.78 is 0. The molecule has 1 fully saturated rings. The molecule has 0 spiro atoms. The Labute approximate surface area is 212 Å². The van der Waals surface area contributed by atoms with Crippen molar-refractivity contribution in [2.24, 2.45) is 0 Å². The molecule has 1 aliphatic rings. The summed E-state index contributed by atoms with van der Waals surface area (Å²) in [5, 5.41) is 3.02. The van der Waals surface area contributed by atoms with E-state index in [0.717, 1.165) is 10.5 Å². The molecule has 1 unspecified atom stereocenters. The van der Waals surface area contributed by atoms with Crippen LogP contribution in [0.3, 0.4) is 0 Å². The average Bonchev–Trinajstić information content (AvgIpc) is 3.07. The van der Waals surface area contributed by atoms with Gasteiger partial charge in [-0.25, -0.2) is 4.90 Å². The van der Waals surface area contributed by atoms with Crippen molar-refractivity contribution >= 4 is 64.1 Å². The van der Waals surface area contributed by atoms with E-state index in [4.69, 9.17) is 23.2 Å². The molecular weight excluding hydrogens is 491 g/mol. The predicted octanol–water partition coefficient (Wildman–Crippen LogP) is 6.79. The SMILES string of the molecule is CC(C)c1ccc(N2C(=O)CC(Sc3ccc(NC(=O)c4ccc(Cl)cc4Cl)cc3)C2=O)cc1. The molecule has 174 valence electrons. The summed E-state index contributed by atoms with van der Waals surface area (Å²) in [7, 11) is 0. The van der Waals surface area contributed by atoms with Gasteiger partial charge in [0.2, 0.25) is 11.8 Å². The molecule has 3 aromatic rings. The molecule has 1 atom stereocenters. The van der Waals surface area contributed by atoms with Crippen LogP contribution in [-0.4, -0.2) is 23.0 Å². The minimum atomic E-state index is -0.495. The summed E-state index contributed by atoms with van der Waals surface area (Å²) in [5.41, 5.74) is 2.66. The van der Waals surface area contributed by atoms with E-state index in [1.165, 1.54) is 22.7 Å². The van der Waals surface area contributed by atoms with E-state index in [1.807, 2.05) is 36.4 Å². The Hall–Kier alpha value is -2.80. The quantitative estimate of drug-likeness (QED) is 0.369. The Morgan fingerprint density at radius 3 is 2.29 bits per heavy atom. The van der Waals surface area contributed by atoms with Crippen LogP contribution in [0.15, 0.2) is 71.6 Å². The van der Waals surface area contributed by atoms with Gasteiger partial charge in [0, 0.05) is 22.0 Å². The van der Waals surface area contributed by atoms with Crippen molar-refractivity contribution in [3.05, 3.63) is 87.9 Å². The van der Waals surface area contributed by atoms with Crippen molar-refractivity contribution in [1.82, 2.24) is 0 Å². The van der Waals surface area contributed by atoms with Gasteiger partial charge in [-0.2, -0.15) is 0 Å². The Bertz CT molecular complexity index is 1240. The van der Waals surface area contributed by atoms with E-state index in [0.29, 0.717) is 27.9 Å². The van der Waals surface area contributed by atoms with Crippen molar-refractivity contribution < 1.29 is 14.4 Å². The highest BCUT2D eigenvalue weighted by molar-refractivity contribution is 8.00. The van der Waals surface area contributed by atoms with E-state index in [1.54, 1.807) is 24.3 Å². The molecule has 1 heterocycles. The van der Waals surface area contributed by atoms with Gasteiger partial charge in [0.25, 0.3) is 5.91 Å². The normalized spacial score (nSPS) is 15.8. The summed E-state index contributed by atoms with van der Waals surface area (Å²) in [5.74, 6) is -0.401. The van der Waals surface area contributed by atoms with Crippen molar-refractivity contribution in [3.8, 4) is 0 Å². The number of halogens is 2. The van der Waals surface area contributed by atoms with Crippen LogP contribution in [0.4, 0.5) is 11.4 Å². The Kier molecular flexibility index (Phi) is 7.31. The summed E-state index contributed by atoms with van der Waals surface area (Å²) in [4.78, 5) is 40.1. The fourth-order valence-corrected chi connectivity index (χ4v) is 5.18. The third kappa shape index (κ3) is 5.30. The van der Waals surface area contributed by atoms with Gasteiger partial charge in [-0.15, -0.1) is 11.8 Å². The standard InChI is InChI=1S/C26H22Cl2N2O3S/c1-15(2)16-3-8-19(9-4-16)30-24(31)14-23(26(30)33)34-20-10-6-18(7-11-20)29-25(32)21-12-5-17(27)13-22(21)28/h3-13,15,23H,14H2,1-2H3,(H,29,32). The molecule has 1 aliphatic heterocycles. The number of nitrogens with one attached hydrogen (secondary N) is 1. The van der Waals surface area contributed by atoms with Crippen molar-refractivity contribution in [2.45, 2.75) is 36.3 Å². The summed E-state index contributed by atoms with van der Waals surface area (Å²) in [6, 6.07) is 19.3. The van der Waals surface area contributed by atoms with Crippen LogP contribution in [0.5, 0.6) is 0 Å². The molecule has 4 rings (SSSR count). The third-order valence-electron chi connectivity index (χ3n) is 5.49. The summed E-state index contributed by atoms with van der Waals surface area (Å²) >= 11 is 13.3. The molecule has 0 radical (unpaired) electrons. The van der Waals surface area contributed by atoms with Crippen LogP contribution in [0.1, 0.15) is 42.1 Å². The van der Waals surface area contributed by atoms with Gasteiger partial charge in [-0.3, -0.25) is 14.4 Å². The van der Waals surface area contributed by atoms with Crippen molar-refractivity contribution in [2.75, 3.05) is 10.2 Å². The first kappa shape index (κ1) is 24.3. The number of carbonyl (C=O) groups excluding carboxylic acids is 3. The first-order valence-electron chi connectivity index (χ1n) is 10.7. The van der Waals surface area contributed by atoms with Gasteiger partial charge in [0.05, 0.1) is 21.5 Å². The van der Waals surface area contributed by atoms with Crippen LogP contribution in [-0.2, 0) is 9.59 Å². The summed E-state index contributed by atoms with van der Waals surface area (Å²) in [6.45, 7) is 4.19. The van der Waals surface area contributed by atoms with Gasteiger partial charge >= 0.3 is 0 Å². The molecular formula is C26H22Cl2N2O3S. The molecule has 8 heteroatoms. The Balaban J connectivity index is 1.40. The fourth-order valence-electron chi connectivity index (χ4n) is 3.63. The van der Waals surface area contributed by atoms with Crippen molar-refractivity contribution in [1.29, 1.82) is 0 Å². The zero-order valence-corrected chi connectivity index (χ0v) is 20.9. The minimum absolute atomic E-state index is 0.142. The van der Waals surface area contributed by atoms with E-state index < -0.39 is 5.25 Å². The molecule has 0 aliphatic carbocycles. The number of carbonyl (C=O) groups is 3. The van der Waals surface area contributed by atoms with Crippen LogP contribution < -0.4 is 10.2 Å².